The molecule has 4 heteroatoms. The van der Waals surface area contributed by atoms with Gasteiger partial charge in [-0.1, -0.05) is 24.3 Å². The summed E-state index contributed by atoms with van der Waals surface area (Å²) in [6, 6.07) is 14.6. The van der Waals surface area contributed by atoms with Crippen LogP contribution < -0.4 is 15.8 Å². The maximum Gasteiger partial charge on any atom is 0.193 e. The summed E-state index contributed by atoms with van der Waals surface area (Å²) in [6.45, 7) is 1.32. The first-order valence-corrected chi connectivity index (χ1v) is 8.20. The first kappa shape index (κ1) is 14.1. The number of ether oxygens (including phenoxy) is 1. The van der Waals surface area contributed by atoms with Gasteiger partial charge in [-0.2, -0.15) is 0 Å². The third kappa shape index (κ3) is 2.89. The first-order valence-electron chi connectivity index (χ1n) is 8.20. The fraction of sp³-hybridized carbons (Fsp3) is 0.316. The van der Waals surface area contributed by atoms with E-state index in [-0.39, 0.29) is 5.92 Å². The van der Waals surface area contributed by atoms with Crippen LogP contribution in [0.1, 0.15) is 29.0 Å². The molecule has 23 heavy (non-hydrogen) atoms. The molecular formula is C19H21N3O. The van der Waals surface area contributed by atoms with Gasteiger partial charge in [-0.15, -0.1) is 0 Å². The molecule has 3 N–H and O–H groups in total. The molecule has 0 spiro atoms. The number of guanidine groups is 1. The summed E-state index contributed by atoms with van der Waals surface area (Å²) in [4.78, 5) is 4.50. The van der Waals surface area contributed by atoms with Crippen molar-refractivity contribution in [2.75, 3.05) is 18.5 Å². The van der Waals surface area contributed by atoms with Gasteiger partial charge in [0, 0.05) is 17.2 Å². The molecule has 1 heterocycles. The lowest BCUT2D eigenvalue weighted by Crippen LogP contribution is -2.24. The van der Waals surface area contributed by atoms with Crippen LogP contribution in [-0.4, -0.2) is 19.1 Å². The number of benzene rings is 2. The van der Waals surface area contributed by atoms with Crippen molar-refractivity contribution >= 4 is 11.6 Å². The Morgan fingerprint density at radius 2 is 2.04 bits per heavy atom. The lowest BCUT2D eigenvalue weighted by atomic mass is 10.0. The Morgan fingerprint density at radius 3 is 3.00 bits per heavy atom. The summed E-state index contributed by atoms with van der Waals surface area (Å²) in [5, 5.41) is 3.21. The highest BCUT2D eigenvalue weighted by molar-refractivity contribution is 5.92. The van der Waals surface area contributed by atoms with Crippen LogP contribution in [0.25, 0.3) is 0 Å². The third-order valence-electron chi connectivity index (χ3n) is 4.65. The summed E-state index contributed by atoms with van der Waals surface area (Å²) in [5.41, 5.74) is 11.2. The molecule has 2 aromatic carbocycles. The number of nitrogens with two attached hydrogens (primary N) is 1. The molecule has 0 aromatic heterocycles. The Balaban J connectivity index is 1.42. The largest absolute Gasteiger partial charge is 0.493 e. The number of aryl methyl sites for hydroxylation is 2. The van der Waals surface area contributed by atoms with Crippen molar-refractivity contribution in [2.24, 2.45) is 10.7 Å². The normalized spacial score (nSPS) is 19.1. The topological polar surface area (TPSA) is 59.6 Å². The number of hydrogen-bond donors (Lipinski definition) is 2. The molecule has 2 aliphatic rings. The van der Waals surface area contributed by atoms with Gasteiger partial charge >= 0.3 is 0 Å². The molecule has 0 radical (unpaired) electrons. The van der Waals surface area contributed by atoms with Crippen molar-refractivity contribution in [3.05, 3.63) is 59.2 Å². The molecule has 2 aromatic rings. The summed E-state index contributed by atoms with van der Waals surface area (Å²) in [5.74, 6) is 1.72. The second-order valence-corrected chi connectivity index (χ2v) is 6.23. The summed E-state index contributed by atoms with van der Waals surface area (Å²) in [6.07, 6.45) is 3.61. The zero-order valence-electron chi connectivity index (χ0n) is 13.1. The van der Waals surface area contributed by atoms with Crippen LogP contribution in [0.5, 0.6) is 5.75 Å². The molecule has 1 unspecified atom stereocenters. The lowest BCUT2D eigenvalue weighted by Gasteiger charge is -2.09. The molecule has 4 rings (SSSR count). The summed E-state index contributed by atoms with van der Waals surface area (Å²) in [7, 11) is 0. The molecule has 0 saturated carbocycles. The van der Waals surface area contributed by atoms with Crippen molar-refractivity contribution in [3.8, 4) is 5.75 Å². The van der Waals surface area contributed by atoms with Gasteiger partial charge in [-0.25, -0.2) is 0 Å². The van der Waals surface area contributed by atoms with E-state index in [1.54, 1.807) is 0 Å². The van der Waals surface area contributed by atoms with Gasteiger partial charge in [0.05, 0.1) is 13.2 Å². The minimum Gasteiger partial charge on any atom is -0.493 e. The molecule has 1 aliphatic carbocycles. The maximum absolute atomic E-state index is 6.05. The summed E-state index contributed by atoms with van der Waals surface area (Å²) < 4.78 is 5.68. The van der Waals surface area contributed by atoms with E-state index in [0.29, 0.717) is 19.1 Å². The van der Waals surface area contributed by atoms with Gasteiger partial charge in [0.2, 0.25) is 0 Å². The second-order valence-electron chi connectivity index (χ2n) is 6.23. The van der Waals surface area contributed by atoms with E-state index in [1.165, 1.54) is 29.5 Å². The quantitative estimate of drug-likeness (QED) is 0.677. The SMILES string of the molecule is NC(=NCC1COc2ccccc21)Nc1ccc2c(c1)CCC2. The number of anilines is 1. The third-order valence-corrected chi connectivity index (χ3v) is 4.65. The predicted octanol–water partition coefficient (Wildman–Crippen LogP) is 3.08. The number of para-hydroxylation sites is 1. The van der Waals surface area contributed by atoms with Crippen LogP contribution in [0.15, 0.2) is 47.5 Å². The Hall–Kier alpha value is -2.49. The number of rotatable bonds is 3. The fourth-order valence-corrected chi connectivity index (χ4v) is 3.43. The van der Waals surface area contributed by atoms with Gasteiger partial charge in [-0.3, -0.25) is 4.99 Å². The van der Waals surface area contributed by atoms with E-state index >= 15 is 0 Å². The van der Waals surface area contributed by atoms with Crippen LogP contribution in [0.4, 0.5) is 5.69 Å². The molecule has 1 atom stereocenters. The number of nitrogens with one attached hydrogen (secondary N) is 1. The Labute approximate surface area is 136 Å². The zero-order chi connectivity index (χ0) is 15.6. The van der Waals surface area contributed by atoms with Gasteiger partial charge < -0.3 is 15.8 Å². The van der Waals surface area contributed by atoms with Crippen molar-refractivity contribution in [1.29, 1.82) is 0 Å². The van der Waals surface area contributed by atoms with Crippen molar-refractivity contribution in [2.45, 2.75) is 25.2 Å². The van der Waals surface area contributed by atoms with E-state index < -0.39 is 0 Å². The average Bonchev–Trinajstić information content (AvgIpc) is 3.19. The number of aliphatic imine (C=N–C) groups is 1. The molecule has 0 fully saturated rings. The molecule has 0 amide bonds. The highest BCUT2D eigenvalue weighted by Crippen LogP contribution is 2.33. The van der Waals surface area contributed by atoms with Gasteiger partial charge in [0.15, 0.2) is 5.96 Å². The van der Waals surface area contributed by atoms with Crippen molar-refractivity contribution in [3.63, 3.8) is 0 Å². The van der Waals surface area contributed by atoms with Crippen LogP contribution >= 0.6 is 0 Å². The molecule has 4 nitrogen and oxygen atoms in total. The maximum atomic E-state index is 6.05. The van der Waals surface area contributed by atoms with E-state index in [1.807, 2.05) is 18.2 Å². The molecule has 118 valence electrons. The molecule has 1 aliphatic heterocycles. The van der Waals surface area contributed by atoms with Crippen molar-refractivity contribution in [1.82, 2.24) is 0 Å². The first-order chi connectivity index (χ1) is 11.3. The second kappa shape index (κ2) is 5.95. The van der Waals surface area contributed by atoms with Gasteiger partial charge in [0.25, 0.3) is 0 Å². The average molecular weight is 307 g/mol. The van der Waals surface area contributed by atoms with Crippen LogP contribution in [0, 0.1) is 0 Å². The number of hydrogen-bond acceptors (Lipinski definition) is 2. The van der Waals surface area contributed by atoms with Crippen molar-refractivity contribution < 1.29 is 4.74 Å². The fourth-order valence-electron chi connectivity index (χ4n) is 3.43. The van der Waals surface area contributed by atoms with Gasteiger partial charge in [0.1, 0.15) is 5.75 Å². The monoisotopic (exact) mass is 307 g/mol. The van der Waals surface area contributed by atoms with E-state index in [2.05, 4.69) is 34.6 Å². The van der Waals surface area contributed by atoms with E-state index in [0.717, 1.165) is 17.9 Å². The predicted molar refractivity (Wildman–Crippen MR) is 93.3 cm³/mol. The minimum atomic E-state index is 0.284. The summed E-state index contributed by atoms with van der Waals surface area (Å²) >= 11 is 0. The molecular weight excluding hydrogens is 286 g/mol. The highest BCUT2D eigenvalue weighted by atomic mass is 16.5. The van der Waals surface area contributed by atoms with Crippen LogP contribution in [0.3, 0.4) is 0 Å². The van der Waals surface area contributed by atoms with E-state index in [9.17, 15) is 0 Å². The lowest BCUT2D eigenvalue weighted by molar-refractivity contribution is 0.333. The van der Waals surface area contributed by atoms with Crippen LogP contribution in [0.2, 0.25) is 0 Å². The van der Waals surface area contributed by atoms with E-state index in [4.69, 9.17) is 10.5 Å². The molecule has 0 bridgehead atoms. The Morgan fingerprint density at radius 1 is 1.17 bits per heavy atom. The number of nitrogens with zero attached hydrogens (tertiary/aromatic N) is 1. The van der Waals surface area contributed by atoms with Crippen LogP contribution in [-0.2, 0) is 12.8 Å². The Bertz CT molecular complexity index is 754. The van der Waals surface area contributed by atoms with Gasteiger partial charge in [-0.05, 0) is 48.6 Å². The minimum absolute atomic E-state index is 0.284. The smallest absolute Gasteiger partial charge is 0.193 e. The number of fused-ring (bicyclic) bond motifs is 2. The zero-order valence-corrected chi connectivity index (χ0v) is 13.1. The standard InChI is InChI=1S/C19H21N3O/c20-19(22-16-9-8-13-4-3-5-14(13)10-16)21-11-15-12-23-18-7-2-1-6-17(15)18/h1-2,6-10,15H,3-5,11-12H2,(H3,20,21,22). The highest BCUT2D eigenvalue weighted by Gasteiger charge is 2.23. The Kier molecular flexibility index (Phi) is 3.66. The molecule has 0 saturated heterocycles.